The zero-order valence-electron chi connectivity index (χ0n) is 17.3. The molecule has 1 fully saturated rings. The zero-order valence-corrected chi connectivity index (χ0v) is 18.9. The van der Waals surface area contributed by atoms with Gasteiger partial charge in [0.15, 0.2) is 10.6 Å². The van der Waals surface area contributed by atoms with Crippen LogP contribution in [-0.2, 0) is 13.7 Å². The zero-order chi connectivity index (χ0) is 21.3. The molecule has 3 aromatic rings. The average Bonchev–Trinajstić information content (AvgIpc) is 3.34. The molecule has 0 spiro atoms. The van der Waals surface area contributed by atoms with Gasteiger partial charge < -0.3 is 14.0 Å². The van der Waals surface area contributed by atoms with Gasteiger partial charge in [0, 0.05) is 41.9 Å². The van der Waals surface area contributed by atoms with Crippen molar-refractivity contribution in [1.29, 1.82) is 0 Å². The van der Waals surface area contributed by atoms with Crippen LogP contribution in [0.15, 0.2) is 42.5 Å². The summed E-state index contributed by atoms with van der Waals surface area (Å²) in [6.07, 6.45) is 2.18. The SMILES string of the molecule is COc1ccc([C@@H]2CCCN2Cn2nc(-c3ccc(Cl)cc3)n(C)c2=S)c(OC)c1. The Hall–Kier alpha value is -2.35. The fourth-order valence-corrected chi connectivity index (χ4v) is 4.35. The van der Waals surface area contributed by atoms with Crippen LogP contribution in [0.3, 0.4) is 0 Å². The molecule has 1 aliphatic heterocycles. The van der Waals surface area contributed by atoms with Gasteiger partial charge in [0.05, 0.1) is 20.9 Å². The smallest absolute Gasteiger partial charge is 0.199 e. The van der Waals surface area contributed by atoms with E-state index in [9.17, 15) is 0 Å². The van der Waals surface area contributed by atoms with E-state index < -0.39 is 0 Å². The number of nitrogens with zero attached hydrogens (tertiary/aromatic N) is 4. The molecular weight excluding hydrogens is 420 g/mol. The summed E-state index contributed by atoms with van der Waals surface area (Å²) in [7, 11) is 5.31. The molecule has 30 heavy (non-hydrogen) atoms. The molecule has 1 atom stereocenters. The van der Waals surface area contributed by atoms with Crippen molar-refractivity contribution >= 4 is 23.8 Å². The second-order valence-electron chi connectivity index (χ2n) is 7.39. The van der Waals surface area contributed by atoms with E-state index in [0.29, 0.717) is 16.5 Å². The van der Waals surface area contributed by atoms with E-state index in [0.717, 1.165) is 47.8 Å². The summed E-state index contributed by atoms with van der Waals surface area (Å²) in [5.74, 6) is 2.46. The number of ether oxygens (including phenoxy) is 2. The van der Waals surface area contributed by atoms with E-state index >= 15 is 0 Å². The average molecular weight is 445 g/mol. The van der Waals surface area contributed by atoms with Crippen LogP contribution in [0.2, 0.25) is 5.02 Å². The lowest BCUT2D eigenvalue weighted by atomic mass is 10.0. The normalized spacial score (nSPS) is 16.7. The first-order chi connectivity index (χ1) is 14.5. The molecule has 6 nitrogen and oxygen atoms in total. The van der Waals surface area contributed by atoms with Crippen molar-refractivity contribution in [2.75, 3.05) is 20.8 Å². The van der Waals surface area contributed by atoms with E-state index in [2.05, 4.69) is 11.0 Å². The molecule has 1 aliphatic rings. The van der Waals surface area contributed by atoms with Gasteiger partial charge in [-0.05, 0) is 55.4 Å². The molecule has 0 N–H and O–H groups in total. The third kappa shape index (κ3) is 3.97. The highest BCUT2D eigenvalue weighted by molar-refractivity contribution is 7.71. The van der Waals surface area contributed by atoms with Gasteiger partial charge in [0.1, 0.15) is 11.5 Å². The van der Waals surface area contributed by atoms with Crippen molar-refractivity contribution in [1.82, 2.24) is 19.2 Å². The van der Waals surface area contributed by atoms with Crippen LogP contribution in [0.25, 0.3) is 11.4 Å². The van der Waals surface area contributed by atoms with Gasteiger partial charge >= 0.3 is 0 Å². The highest BCUT2D eigenvalue weighted by Crippen LogP contribution is 2.39. The third-order valence-electron chi connectivity index (χ3n) is 5.62. The number of halogens is 1. The summed E-state index contributed by atoms with van der Waals surface area (Å²) in [4.78, 5) is 2.40. The number of rotatable bonds is 6. The predicted octanol–water partition coefficient (Wildman–Crippen LogP) is 5.08. The van der Waals surface area contributed by atoms with E-state index in [1.54, 1.807) is 14.2 Å². The highest BCUT2D eigenvalue weighted by Gasteiger charge is 2.29. The highest BCUT2D eigenvalue weighted by atomic mass is 35.5. The number of methoxy groups -OCH3 is 2. The topological polar surface area (TPSA) is 44.5 Å². The Bertz CT molecular complexity index is 1090. The lowest BCUT2D eigenvalue weighted by Gasteiger charge is -2.26. The number of aromatic nitrogens is 3. The molecule has 2 aromatic carbocycles. The van der Waals surface area contributed by atoms with Crippen molar-refractivity contribution in [2.24, 2.45) is 7.05 Å². The maximum absolute atomic E-state index is 6.03. The molecule has 0 radical (unpaired) electrons. The Morgan fingerprint density at radius 2 is 1.90 bits per heavy atom. The second-order valence-corrected chi connectivity index (χ2v) is 8.19. The number of likely N-dealkylation sites (tertiary alicyclic amines) is 1. The Labute approximate surface area is 186 Å². The molecule has 2 heterocycles. The van der Waals surface area contributed by atoms with Crippen molar-refractivity contribution in [3.05, 3.63) is 57.8 Å². The largest absolute Gasteiger partial charge is 0.497 e. The van der Waals surface area contributed by atoms with Crippen molar-refractivity contribution in [3.63, 3.8) is 0 Å². The maximum Gasteiger partial charge on any atom is 0.199 e. The second kappa shape index (κ2) is 8.79. The fourth-order valence-electron chi connectivity index (χ4n) is 4.04. The molecule has 8 heteroatoms. The summed E-state index contributed by atoms with van der Waals surface area (Å²) in [5.41, 5.74) is 2.15. The molecule has 0 aliphatic carbocycles. The van der Waals surface area contributed by atoms with Crippen molar-refractivity contribution in [2.45, 2.75) is 25.6 Å². The predicted molar refractivity (Wildman–Crippen MR) is 121 cm³/mol. The third-order valence-corrected chi connectivity index (χ3v) is 6.36. The standard InChI is InChI=1S/C22H25ClN4O2S/c1-25-21(15-6-8-16(23)9-7-15)24-27(22(25)30)14-26-12-4-5-19(26)18-11-10-17(28-2)13-20(18)29-3/h6-11,13,19H,4-5,12,14H2,1-3H3/t19-/m0/s1. The van der Waals surface area contributed by atoms with Crippen LogP contribution in [0.4, 0.5) is 0 Å². The fraction of sp³-hybridized carbons (Fsp3) is 0.364. The summed E-state index contributed by atoms with van der Waals surface area (Å²) < 4.78 is 15.5. The molecule has 4 rings (SSSR count). The van der Waals surface area contributed by atoms with E-state index in [-0.39, 0.29) is 6.04 Å². The van der Waals surface area contributed by atoms with Gasteiger partial charge in [-0.15, -0.1) is 0 Å². The Morgan fingerprint density at radius 1 is 1.13 bits per heavy atom. The van der Waals surface area contributed by atoms with Gasteiger partial charge in [0.25, 0.3) is 0 Å². The lowest BCUT2D eigenvalue weighted by Crippen LogP contribution is -2.27. The van der Waals surface area contributed by atoms with Gasteiger partial charge in [0.2, 0.25) is 0 Å². The number of hydrogen-bond donors (Lipinski definition) is 0. The molecule has 1 saturated heterocycles. The van der Waals surface area contributed by atoms with Crippen LogP contribution >= 0.6 is 23.8 Å². The van der Waals surface area contributed by atoms with Crippen LogP contribution in [0.1, 0.15) is 24.4 Å². The molecule has 0 amide bonds. The van der Waals surface area contributed by atoms with Crippen LogP contribution in [-0.4, -0.2) is 40.0 Å². The first-order valence-corrected chi connectivity index (χ1v) is 10.7. The summed E-state index contributed by atoms with van der Waals surface area (Å²) in [5, 5.41) is 5.51. The van der Waals surface area contributed by atoms with Crippen LogP contribution in [0.5, 0.6) is 11.5 Å². The summed E-state index contributed by atoms with van der Waals surface area (Å²) in [6.45, 7) is 1.61. The molecule has 1 aromatic heterocycles. The molecule has 0 unspecified atom stereocenters. The van der Waals surface area contributed by atoms with Crippen LogP contribution < -0.4 is 9.47 Å². The van der Waals surface area contributed by atoms with E-state index in [1.165, 1.54) is 0 Å². The van der Waals surface area contributed by atoms with Gasteiger partial charge in [-0.2, -0.15) is 5.10 Å². The number of hydrogen-bond acceptors (Lipinski definition) is 5. The van der Waals surface area contributed by atoms with Crippen LogP contribution in [0, 0.1) is 4.77 Å². The molecule has 0 bridgehead atoms. The molecular formula is C22H25ClN4O2S. The minimum absolute atomic E-state index is 0.244. The maximum atomic E-state index is 6.03. The van der Waals surface area contributed by atoms with Gasteiger partial charge in [-0.3, -0.25) is 4.90 Å². The van der Waals surface area contributed by atoms with Gasteiger partial charge in [-0.25, -0.2) is 4.68 Å². The minimum atomic E-state index is 0.244. The summed E-state index contributed by atoms with van der Waals surface area (Å²) in [6, 6.07) is 13.9. The minimum Gasteiger partial charge on any atom is -0.497 e. The molecule has 0 saturated carbocycles. The lowest BCUT2D eigenvalue weighted by molar-refractivity contribution is 0.187. The molecule has 158 valence electrons. The Balaban J connectivity index is 1.62. The Morgan fingerprint density at radius 3 is 2.60 bits per heavy atom. The Kier molecular flexibility index (Phi) is 6.13. The number of benzene rings is 2. The monoisotopic (exact) mass is 444 g/mol. The van der Waals surface area contributed by atoms with E-state index in [4.69, 9.17) is 38.4 Å². The van der Waals surface area contributed by atoms with E-state index in [1.807, 2.05) is 52.7 Å². The quantitative estimate of drug-likeness (QED) is 0.496. The first kappa shape index (κ1) is 20.9. The van der Waals surface area contributed by atoms with Crippen molar-refractivity contribution in [3.8, 4) is 22.9 Å². The summed E-state index contributed by atoms with van der Waals surface area (Å²) >= 11 is 11.7. The van der Waals surface area contributed by atoms with Crippen molar-refractivity contribution < 1.29 is 9.47 Å². The first-order valence-electron chi connectivity index (χ1n) is 9.87. The van der Waals surface area contributed by atoms with Gasteiger partial charge in [-0.1, -0.05) is 17.7 Å².